The van der Waals surface area contributed by atoms with E-state index in [-0.39, 0.29) is 23.8 Å². The number of thioether (sulfide) groups is 1. The molecule has 148 valence electrons. The van der Waals surface area contributed by atoms with Crippen LogP contribution in [-0.2, 0) is 4.79 Å². The van der Waals surface area contributed by atoms with Gasteiger partial charge in [-0.1, -0.05) is 30.3 Å². The molecule has 3 N–H and O–H groups in total. The van der Waals surface area contributed by atoms with Crippen molar-refractivity contribution in [3.63, 3.8) is 0 Å². The van der Waals surface area contributed by atoms with Crippen LogP contribution in [-0.4, -0.2) is 47.0 Å². The van der Waals surface area contributed by atoms with Gasteiger partial charge in [-0.2, -0.15) is 0 Å². The van der Waals surface area contributed by atoms with E-state index in [1.807, 2.05) is 47.4 Å². The number of fused-ring (bicyclic) bond motifs is 1. The molecular formula is C22H27N3O2S. The van der Waals surface area contributed by atoms with Crippen LogP contribution in [0.1, 0.15) is 36.0 Å². The van der Waals surface area contributed by atoms with E-state index in [1.165, 1.54) is 0 Å². The van der Waals surface area contributed by atoms with Gasteiger partial charge in [-0.25, -0.2) is 0 Å². The van der Waals surface area contributed by atoms with E-state index in [2.05, 4.69) is 5.32 Å². The SMILES string of the molecule is N[C@H](C(=O)N1CCSC1)C1CCC(NC(=O)c2ccc3ccccc3c2)CC1. The molecule has 2 aliphatic rings. The van der Waals surface area contributed by atoms with Crippen molar-refractivity contribution in [2.75, 3.05) is 18.2 Å². The first kappa shape index (κ1) is 19.3. The summed E-state index contributed by atoms with van der Waals surface area (Å²) < 4.78 is 0. The van der Waals surface area contributed by atoms with Crippen molar-refractivity contribution in [1.29, 1.82) is 0 Å². The number of nitrogens with one attached hydrogen (secondary N) is 1. The molecule has 1 aliphatic carbocycles. The minimum absolute atomic E-state index is 0.0244. The largest absolute Gasteiger partial charge is 0.349 e. The molecule has 0 spiro atoms. The Morgan fingerprint density at radius 1 is 1.07 bits per heavy atom. The third-order valence-corrected chi connectivity index (χ3v) is 6.94. The summed E-state index contributed by atoms with van der Waals surface area (Å²) in [5, 5.41) is 5.37. The number of carbonyl (C=O) groups excluding carboxylic acids is 2. The van der Waals surface area contributed by atoms with Crippen LogP contribution in [0.25, 0.3) is 10.8 Å². The van der Waals surface area contributed by atoms with Crippen LogP contribution in [0.5, 0.6) is 0 Å². The van der Waals surface area contributed by atoms with Crippen molar-refractivity contribution >= 4 is 34.3 Å². The molecule has 0 aromatic heterocycles. The fraction of sp³-hybridized carbons (Fsp3) is 0.455. The molecule has 4 rings (SSSR count). The Bertz CT molecular complexity index is 858. The van der Waals surface area contributed by atoms with Gasteiger partial charge in [0.2, 0.25) is 5.91 Å². The van der Waals surface area contributed by atoms with Crippen molar-refractivity contribution in [3.05, 3.63) is 48.0 Å². The van der Waals surface area contributed by atoms with E-state index < -0.39 is 6.04 Å². The molecule has 2 fully saturated rings. The average molecular weight is 398 g/mol. The molecule has 0 unspecified atom stereocenters. The van der Waals surface area contributed by atoms with E-state index in [1.54, 1.807) is 11.8 Å². The number of amides is 2. The van der Waals surface area contributed by atoms with E-state index in [4.69, 9.17) is 5.73 Å². The quantitative estimate of drug-likeness (QED) is 0.832. The van der Waals surface area contributed by atoms with Gasteiger partial charge in [-0.05, 0) is 54.5 Å². The summed E-state index contributed by atoms with van der Waals surface area (Å²) in [5.41, 5.74) is 6.97. The lowest BCUT2D eigenvalue weighted by atomic mass is 9.81. The van der Waals surface area contributed by atoms with Gasteiger partial charge in [-0.15, -0.1) is 11.8 Å². The van der Waals surface area contributed by atoms with Crippen molar-refractivity contribution in [1.82, 2.24) is 10.2 Å². The molecule has 28 heavy (non-hydrogen) atoms. The summed E-state index contributed by atoms with van der Waals surface area (Å²) in [4.78, 5) is 27.0. The molecule has 1 saturated heterocycles. The fourth-order valence-corrected chi connectivity index (χ4v) is 5.18. The van der Waals surface area contributed by atoms with Gasteiger partial charge in [0.1, 0.15) is 0 Å². The molecule has 1 atom stereocenters. The topological polar surface area (TPSA) is 75.4 Å². The van der Waals surface area contributed by atoms with Crippen LogP contribution < -0.4 is 11.1 Å². The van der Waals surface area contributed by atoms with Crippen LogP contribution >= 0.6 is 11.8 Å². The zero-order valence-electron chi connectivity index (χ0n) is 16.0. The number of benzene rings is 2. The molecule has 6 heteroatoms. The Labute approximate surface area is 170 Å². The Kier molecular flexibility index (Phi) is 5.87. The van der Waals surface area contributed by atoms with E-state index >= 15 is 0 Å². The van der Waals surface area contributed by atoms with E-state index in [0.717, 1.165) is 54.6 Å². The summed E-state index contributed by atoms with van der Waals surface area (Å²) in [6, 6.07) is 13.6. The number of carbonyl (C=O) groups is 2. The maximum absolute atomic E-state index is 12.7. The molecule has 2 aromatic carbocycles. The number of nitrogens with zero attached hydrogens (tertiary/aromatic N) is 1. The lowest BCUT2D eigenvalue weighted by molar-refractivity contribution is -0.132. The molecule has 2 aromatic rings. The average Bonchev–Trinajstić information content (AvgIpc) is 3.28. The summed E-state index contributed by atoms with van der Waals surface area (Å²) in [5.74, 6) is 2.06. The molecule has 1 heterocycles. The standard InChI is InChI=1S/C22H27N3O2S/c23-20(22(27)25-11-12-28-14-25)16-7-9-19(10-8-16)24-21(26)18-6-5-15-3-1-2-4-17(15)13-18/h1-6,13,16,19-20H,7-12,14,23H2,(H,24,26)/t16?,19?,20-/m0/s1. The molecule has 0 bridgehead atoms. The number of hydrogen-bond donors (Lipinski definition) is 2. The van der Waals surface area contributed by atoms with E-state index in [9.17, 15) is 9.59 Å². The van der Waals surface area contributed by atoms with Crippen molar-refractivity contribution in [3.8, 4) is 0 Å². The van der Waals surface area contributed by atoms with Crippen LogP contribution in [0, 0.1) is 5.92 Å². The second-order valence-corrected chi connectivity index (χ2v) is 8.89. The van der Waals surface area contributed by atoms with Crippen LogP contribution in [0.15, 0.2) is 42.5 Å². The lowest BCUT2D eigenvalue weighted by Crippen LogP contribution is -2.49. The highest BCUT2D eigenvalue weighted by Crippen LogP contribution is 2.28. The highest BCUT2D eigenvalue weighted by molar-refractivity contribution is 7.99. The minimum atomic E-state index is -0.407. The Hall–Kier alpha value is -2.05. The first-order valence-corrected chi connectivity index (χ1v) is 11.2. The predicted molar refractivity (Wildman–Crippen MR) is 114 cm³/mol. The highest BCUT2D eigenvalue weighted by Gasteiger charge is 2.33. The number of nitrogens with two attached hydrogens (primary N) is 1. The van der Waals surface area contributed by atoms with Gasteiger partial charge in [0.15, 0.2) is 0 Å². The van der Waals surface area contributed by atoms with Gasteiger partial charge in [0.25, 0.3) is 5.91 Å². The highest BCUT2D eigenvalue weighted by atomic mass is 32.2. The fourth-order valence-electron chi connectivity index (χ4n) is 4.22. The smallest absolute Gasteiger partial charge is 0.251 e. The lowest BCUT2D eigenvalue weighted by Gasteiger charge is -2.33. The van der Waals surface area contributed by atoms with Gasteiger partial charge in [0, 0.05) is 23.9 Å². The van der Waals surface area contributed by atoms with Gasteiger partial charge in [-0.3, -0.25) is 9.59 Å². The second kappa shape index (κ2) is 8.53. The first-order valence-electron chi connectivity index (χ1n) is 10.0. The second-order valence-electron chi connectivity index (χ2n) is 7.81. The summed E-state index contributed by atoms with van der Waals surface area (Å²) in [7, 11) is 0. The maximum atomic E-state index is 12.7. The molecule has 2 amide bonds. The monoisotopic (exact) mass is 397 g/mol. The minimum Gasteiger partial charge on any atom is -0.349 e. The van der Waals surface area contributed by atoms with Crippen molar-refractivity contribution in [2.24, 2.45) is 11.7 Å². The molecule has 0 radical (unpaired) electrons. The molecule has 1 aliphatic heterocycles. The van der Waals surface area contributed by atoms with E-state index in [0.29, 0.717) is 5.56 Å². The zero-order chi connectivity index (χ0) is 19.5. The molecule has 1 saturated carbocycles. The summed E-state index contributed by atoms with van der Waals surface area (Å²) in [6.45, 7) is 0.814. The van der Waals surface area contributed by atoms with Crippen molar-refractivity contribution in [2.45, 2.75) is 37.8 Å². The number of rotatable bonds is 4. The predicted octanol–water partition coefficient (Wildman–Crippen LogP) is 2.99. The third-order valence-electron chi connectivity index (χ3n) is 5.98. The summed E-state index contributed by atoms with van der Waals surface area (Å²) >= 11 is 1.78. The third kappa shape index (κ3) is 4.18. The maximum Gasteiger partial charge on any atom is 0.251 e. The van der Waals surface area contributed by atoms with Crippen LogP contribution in [0.4, 0.5) is 0 Å². The van der Waals surface area contributed by atoms with Gasteiger partial charge in [0.05, 0.1) is 11.9 Å². The van der Waals surface area contributed by atoms with Gasteiger partial charge < -0.3 is 16.0 Å². The van der Waals surface area contributed by atoms with Gasteiger partial charge >= 0.3 is 0 Å². The molecule has 5 nitrogen and oxygen atoms in total. The zero-order valence-corrected chi connectivity index (χ0v) is 16.8. The Morgan fingerprint density at radius 2 is 1.82 bits per heavy atom. The Balaban J connectivity index is 1.31. The van der Waals surface area contributed by atoms with Crippen LogP contribution in [0.3, 0.4) is 0 Å². The Morgan fingerprint density at radius 3 is 2.54 bits per heavy atom. The summed E-state index contributed by atoms with van der Waals surface area (Å²) in [6.07, 6.45) is 3.52. The molecular weight excluding hydrogens is 370 g/mol. The van der Waals surface area contributed by atoms with Crippen molar-refractivity contribution < 1.29 is 9.59 Å². The number of hydrogen-bond acceptors (Lipinski definition) is 4. The van der Waals surface area contributed by atoms with Crippen LogP contribution in [0.2, 0.25) is 0 Å². The normalized spacial score (nSPS) is 23.5. The first-order chi connectivity index (χ1) is 13.6.